The Morgan fingerprint density at radius 2 is 2.07 bits per heavy atom. The van der Waals surface area contributed by atoms with Crippen LogP contribution in [0.2, 0.25) is 0 Å². The fourth-order valence-electron chi connectivity index (χ4n) is 1.86. The van der Waals surface area contributed by atoms with Crippen LogP contribution in [0.25, 0.3) is 0 Å². The number of nitrogens with zero attached hydrogens (tertiary/aromatic N) is 1. The fourth-order valence-corrected chi connectivity index (χ4v) is 1.86. The average molecular weight is 219 g/mol. The van der Waals surface area contributed by atoms with Gasteiger partial charge in [-0.3, -0.25) is 0 Å². The van der Waals surface area contributed by atoms with Gasteiger partial charge in [0.05, 0.1) is 13.2 Å². The zero-order valence-corrected chi connectivity index (χ0v) is 9.15. The Labute approximate surface area is 89.0 Å². The molecule has 1 aliphatic rings. The van der Waals surface area contributed by atoms with Crippen LogP contribution in [0.15, 0.2) is 0 Å². The van der Waals surface area contributed by atoms with Gasteiger partial charge in [0.1, 0.15) is 0 Å². The summed E-state index contributed by atoms with van der Waals surface area (Å²) >= 11 is 0. The Morgan fingerprint density at radius 3 is 2.53 bits per heavy atom. The Morgan fingerprint density at radius 1 is 1.53 bits per heavy atom. The number of hydrogen-bond donors (Lipinski definition) is 1. The van der Waals surface area contributed by atoms with Gasteiger partial charge in [0.2, 0.25) is 6.17 Å². The number of esters is 1. The van der Waals surface area contributed by atoms with E-state index in [9.17, 15) is 14.3 Å². The van der Waals surface area contributed by atoms with Crippen molar-refractivity contribution in [1.82, 2.24) is 4.90 Å². The van der Waals surface area contributed by atoms with Gasteiger partial charge in [-0.1, -0.05) is 0 Å². The zero-order chi connectivity index (χ0) is 11.4. The largest absolute Gasteiger partial charge is 0.467 e. The Hall–Kier alpha value is -0.680. The second kappa shape index (κ2) is 5.42. The third-order valence-electron chi connectivity index (χ3n) is 2.97. The average Bonchev–Trinajstić information content (AvgIpc) is 2.27. The molecule has 0 amide bonds. The van der Waals surface area contributed by atoms with Gasteiger partial charge in [-0.2, -0.15) is 0 Å². The monoisotopic (exact) mass is 219 g/mol. The highest BCUT2D eigenvalue weighted by Gasteiger charge is 2.34. The number of methoxy groups -OCH3 is 1. The third-order valence-corrected chi connectivity index (χ3v) is 2.97. The van der Waals surface area contributed by atoms with Gasteiger partial charge in [0, 0.05) is 0 Å². The molecular formula is C10H18FNO3. The van der Waals surface area contributed by atoms with Gasteiger partial charge in [0.25, 0.3) is 0 Å². The topological polar surface area (TPSA) is 49.8 Å². The van der Waals surface area contributed by atoms with Crippen LogP contribution in [0, 0.1) is 5.92 Å². The maximum absolute atomic E-state index is 13.3. The summed E-state index contributed by atoms with van der Waals surface area (Å²) in [6.07, 6.45) is -1.71. The number of aliphatic hydroxyl groups excluding tert-OH is 1. The molecule has 1 aliphatic heterocycles. The first kappa shape index (κ1) is 12.4. The van der Waals surface area contributed by atoms with Crippen molar-refractivity contribution in [3.05, 3.63) is 0 Å². The highest BCUT2D eigenvalue weighted by molar-refractivity contribution is 5.75. The van der Waals surface area contributed by atoms with Gasteiger partial charge < -0.3 is 14.7 Å². The minimum atomic E-state index is -1.91. The number of likely N-dealkylation sites (tertiary alicyclic amines) is 1. The maximum atomic E-state index is 13.3. The molecule has 1 saturated heterocycles. The number of alkyl halides is 1. The third kappa shape index (κ3) is 3.14. The summed E-state index contributed by atoms with van der Waals surface area (Å²) in [6.45, 7) is 1.66. The first-order valence-electron chi connectivity index (χ1n) is 5.14. The highest BCUT2D eigenvalue weighted by atomic mass is 19.1. The molecule has 1 rings (SSSR count). The second-order valence-corrected chi connectivity index (χ2v) is 4.06. The molecule has 2 atom stereocenters. The molecule has 0 aromatic heterocycles. The summed E-state index contributed by atoms with van der Waals surface area (Å²) in [7, 11) is 3.10. The molecule has 4 nitrogen and oxygen atoms in total. The number of hydrogen-bond acceptors (Lipinski definition) is 4. The van der Waals surface area contributed by atoms with Crippen LogP contribution in [0.3, 0.4) is 0 Å². The van der Waals surface area contributed by atoms with Crippen molar-refractivity contribution in [3.63, 3.8) is 0 Å². The molecular weight excluding hydrogens is 201 g/mol. The van der Waals surface area contributed by atoms with E-state index in [4.69, 9.17) is 0 Å². The van der Waals surface area contributed by atoms with E-state index in [0.29, 0.717) is 0 Å². The number of carbonyl (C=O) groups excluding carboxylic acids is 1. The molecule has 0 aromatic rings. The summed E-state index contributed by atoms with van der Waals surface area (Å²) in [4.78, 5) is 13.0. The molecule has 0 saturated carbocycles. The molecule has 5 heteroatoms. The molecule has 0 aromatic carbocycles. The van der Waals surface area contributed by atoms with E-state index in [0.717, 1.165) is 33.0 Å². The molecule has 0 radical (unpaired) electrons. The van der Waals surface area contributed by atoms with Crippen LogP contribution in [-0.4, -0.2) is 55.5 Å². The minimum Gasteiger partial charge on any atom is -0.467 e. The lowest BCUT2D eigenvalue weighted by molar-refractivity contribution is -0.153. The molecule has 1 fully saturated rings. The van der Waals surface area contributed by atoms with Crippen molar-refractivity contribution >= 4 is 5.97 Å². The highest BCUT2D eigenvalue weighted by Crippen LogP contribution is 2.23. The SMILES string of the molecule is COC(=O)C(F)C(O)C1CCN(C)CC1. The van der Waals surface area contributed by atoms with Crippen LogP contribution < -0.4 is 0 Å². The van der Waals surface area contributed by atoms with Crippen LogP contribution >= 0.6 is 0 Å². The molecule has 88 valence electrons. The Bertz CT molecular complexity index is 217. The van der Waals surface area contributed by atoms with Crippen molar-refractivity contribution in [1.29, 1.82) is 0 Å². The smallest absolute Gasteiger partial charge is 0.343 e. The number of halogens is 1. The number of piperidine rings is 1. The van der Waals surface area contributed by atoms with E-state index in [1.54, 1.807) is 0 Å². The van der Waals surface area contributed by atoms with Crippen LogP contribution in [0.1, 0.15) is 12.8 Å². The van der Waals surface area contributed by atoms with Crippen molar-refractivity contribution < 1.29 is 19.0 Å². The van der Waals surface area contributed by atoms with Gasteiger partial charge >= 0.3 is 5.97 Å². The lowest BCUT2D eigenvalue weighted by atomic mass is 9.89. The summed E-state index contributed by atoms with van der Waals surface area (Å²) in [6, 6.07) is 0. The lowest BCUT2D eigenvalue weighted by Crippen LogP contribution is -2.42. The number of aliphatic hydroxyl groups is 1. The predicted molar refractivity (Wildman–Crippen MR) is 53.1 cm³/mol. The molecule has 0 bridgehead atoms. The van der Waals surface area contributed by atoms with Gasteiger partial charge in [-0.15, -0.1) is 0 Å². The number of rotatable bonds is 3. The second-order valence-electron chi connectivity index (χ2n) is 4.06. The van der Waals surface area contributed by atoms with E-state index in [1.165, 1.54) is 0 Å². The minimum absolute atomic E-state index is 0.143. The molecule has 0 spiro atoms. The van der Waals surface area contributed by atoms with Crippen LogP contribution in [0.4, 0.5) is 4.39 Å². The van der Waals surface area contributed by atoms with Gasteiger partial charge in [-0.25, -0.2) is 9.18 Å². The summed E-state index contributed by atoms with van der Waals surface area (Å²) in [5.41, 5.74) is 0. The van der Waals surface area contributed by atoms with E-state index >= 15 is 0 Å². The van der Waals surface area contributed by atoms with Crippen molar-refractivity contribution in [2.45, 2.75) is 25.1 Å². The van der Waals surface area contributed by atoms with Gasteiger partial charge in [0.15, 0.2) is 0 Å². The Balaban J connectivity index is 2.45. The summed E-state index contributed by atoms with van der Waals surface area (Å²) in [5, 5.41) is 9.64. The first-order chi connectivity index (χ1) is 7.06. The van der Waals surface area contributed by atoms with Crippen molar-refractivity contribution in [2.24, 2.45) is 5.92 Å². The first-order valence-corrected chi connectivity index (χ1v) is 5.14. The van der Waals surface area contributed by atoms with Crippen molar-refractivity contribution in [2.75, 3.05) is 27.2 Å². The summed E-state index contributed by atoms with van der Waals surface area (Å²) < 4.78 is 17.6. The van der Waals surface area contributed by atoms with Crippen LogP contribution in [-0.2, 0) is 9.53 Å². The molecule has 15 heavy (non-hydrogen) atoms. The van der Waals surface area contributed by atoms with E-state index < -0.39 is 18.2 Å². The van der Waals surface area contributed by atoms with Gasteiger partial charge in [-0.05, 0) is 38.9 Å². The Kier molecular flexibility index (Phi) is 4.47. The number of ether oxygens (including phenoxy) is 1. The normalized spacial score (nSPS) is 23.5. The van der Waals surface area contributed by atoms with Crippen LogP contribution in [0.5, 0.6) is 0 Å². The predicted octanol–water partition coefficient (Wildman–Crippen LogP) is 0.200. The van der Waals surface area contributed by atoms with E-state index in [2.05, 4.69) is 9.64 Å². The maximum Gasteiger partial charge on any atom is 0.343 e. The quantitative estimate of drug-likeness (QED) is 0.689. The fraction of sp³-hybridized carbons (Fsp3) is 0.900. The molecule has 1 heterocycles. The molecule has 0 aliphatic carbocycles. The summed E-state index contributed by atoms with van der Waals surface area (Å²) in [5.74, 6) is -1.13. The van der Waals surface area contributed by atoms with E-state index in [-0.39, 0.29) is 5.92 Å². The standard InChI is InChI=1S/C10H18FNO3/c1-12-5-3-7(4-6-12)9(13)8(11)10(14)15-2/h7-9,13H,3-6H2,1-2H3. The molecule has 1 N–H and O–H groups in total. The number of carbonyl (C=O) groups is 1. The van der Waals surface area contributed by atoms with Crippen molar-refractivity contribution in [3.8, 4) is 0 Å². The zero-order valence-electron chi connectivity index (χ0n) is 9.15. The molecule has 2 unspecified atom stereocenters. The van der Waals surface area contributed by atoms with E-state index in [1.807, 2.05) is 7.05 Å². The lowest BCUT2D eigenvalue weighted by Gasteiger charge is -2.32.